The summed E-state index contributed by atoms with van der Waals surface area (Å²) in [6, 6.07) is 0. The van der Waals surface area contributed by atoms with Crippen molar-refractivity contribution in [1.82, 2.24) is 4.90 Å². The van der Waals surface area contributed by atoms with Gasteiger partial charge in [0, 0.05) is 19.0 Å². The molecule has 1 fully saturated rings. The van der Waals surface area contributed by atoms with Gasteiger partial charge in [-0.25, -0.2) is 9.59 Å². The number of esters is 2. The molecule has 1 atom stereocenters. The van der Waals surface area contributed by atoms with Crippen molar-refractivity contribution in [3.05, 3.63) is 34.4 Å². The number of cyclic esters (lactones) is 2. The molecule has 0 aromatic carbocycles. The summed E-state index contributed by atoms with van der Waals surface area (Å²) in [5, 5.41) is 0. The first-order chi connectivity index (χ1) is 9.36. The van der Waals surface area contributed by atoms with E-state index in [2.05, 4.69) is 0 Å². The predicted molar refractivity (Wildman–Crippen MR) is 69.7 cm³/mol. The monoisotopic (exact) mass is 279 g/mol. The number of nitrogens with zero attached hydrogens (tertiary/aromatic N) is 1. The van der Waals surface area contributed by atoms with E-state index in [1.807, 2.05) is 0 Å². The Hall–Kier alpha value is -2.08. The predicted octanol–water partition coefficient (Wildman–Crippen LogP) is 1.80. The molecule has 0 spiro atoms. The van der Waals surface area contributed by atoms with E-state index in [1.165, 1.54) is 7.11 Å². The van der Waals surface area contributed by atoms with E-state index in [9.17, 15) is 9.59 Å². The Kier molecular flexibility index (Phi) is 3.67. The molecule has 0 N–H and O–H groups in total. The number of rotatable bonds is 2. The van der Waals surface area contributed by atoms with Crippen molar-refractivity contribution in [2.45, 2.75) is 34.1 Å². The molecule has 2 heterocycles. The van der Waals surface area contributed by atoms with Gasteiger partial charge >= 0.3 is 11.9 Å². The van der Waals surface area contributed by atoms with E-state index in [0.717, 1.165) is 5.57 Å². The van der Waals surface area contributed by atoms with Crippen LogP contribution in [0.25, 0.3) is 0 Å². The lowest BCUT2D eigenvalue weighted by atomic mass is 10.0. The van der Waals surface area contributed by atoms with Gasteiger partial charge in [-0.1, -0.05) is 5.57 Å². The second kappa shape index (κ2) is 5.13. The lowest BCUT2D eigenvalue weighted by Crippen LogP contribution is -2.29. The first kappa shape index (κ1) is 14.3. The average molecular weight is 279 g/mol. The lowest BCUT2D eigenvalue weighted by molar-refractivity contribution is -0.150. The zero-order valence-electron chi connectivity index (χ0n) is 12.1. The van der Waals surface area contributed by atoms with Crippen LogP contribution in [0.4, 0.5) is 0 Å². The first-order valence-corrected chi connectivity index (χ1v) is 6.18. The summed E-state index contributed by atoms with van der Waals surface area (Å²) in [7, 11) is 1.50. The summed E-state index contributed by atoms with van der Waals surface area (Å²) in [4.78, 5) is 25.3. The minimum Gasteiger partial charge on any atom is -0.449 e. The fraction of sp³-hybridized carbons (Fsp3) is 0.429. The summed E-state index contributed by atoms with van der Waals surface area (Å²) in [5.41, 5.74) is 1.85. The normalized spacial score (nSPS) is 24.6. The second-order valence-corrected chi connectivity index (χ2v) is 4.82. The topological polar surface area (TPSA) is 65.1 Å². The zero-order chi connectivity index (χ0) is 15.0. The summed E-state index contributed by atoms with van der Waals surface area (Å²) in [6.07, 6.45) is 1.07. The number of carbonyl (C=O) groups excluding carboxylic acids is 2. The van der Waals surface area contributed by atoms with Gasteiger partial charge in [-0.2, -0.15) is 0 Å². The molecular formula is C14H17NO5. The van der Waals surface area contributed by atoms with E-state index in [-0.39, 0.29) is 5.57 Å². The maximum Gasteiger partial charge on any atom is 0.348 e. The molecule has 6 heteroatoms. The van der Waals surface area contributed by atoms with Gasteiger partial charge in [0.05, 0.1) is 11.1 Å². The molecule has 1 unspecified atom stereocenters. The molecule has 1 saturated heterocycles. The van der Waals surface area contributed by atoms with Crippen molar-refractivity contribution >= 4 is 11.9 Å². The number of methoxy groups -OCH3 is 1. The summed E-state index contributed by atoms with van der Waals surface area (Å²) in [6.45, 7) is 7.03. The Balaban J connectivity index is 2.53. The fourth-order valence-electron chi connectivity index (χ4n) is 2.22. The number of allylic oxidation sites excluding steroid dienone is 3. The van der Waals surface area contributed by atoms with Crippen molar-refractivity contribution in [2.24, 2.45) is 0 Å². The molecule has 6 nitrogen and oxygen atoms in total. The van der Waals surface area contributed by atoms with E-state index in [1.54, 1.807) is 38.8 Å². The minimum atomic E-state index is -0.649. The summed E-state index contributed by atoms with van der Waals surface area (Å²) in [5.74, 6) is -0.594. The van der Waals surface area contributed by atoms with Crippen molar-refractivity contribution in [3.63, 3.8) is 0 Å². The van der Waals surface area contributed by atoms with Gasteiger partial charge in [0.25, 0.3) is 6.41 Å². The third-order valence-electron chi connectivity index (χ3n) is 3.13. The second-order valence-electron chi connectivity index (χ2n) is 4.82. The van der Waals surface area contributed by atoms with E-state index in [0.29, 0.717) is 17.0 Å². The third-order valence-corrected chi connectivity index (χ3v) is 3.13. The molecule has 0 radical (unpaired) electrons. The molecule has 0 aromatic rings. The summed E-state index contributed by atoms with van der Waals surface area (Å²) < 4.78 is 15.3. The van der Waals surface area contributed by atoms with E-state index < -0.39 is 18.4 Å². The van der Waals surface area contributed by atoms with Crippen LogP contribution in [0, 0.1) is 0 Å². The van der Waals surface area contributed by atoms with Crippen LogP contribution in [-0.2, 0) is 23.8 Å². The molecule has 20 heavy (non-hydrogen) atoms. The largest absolute Gasteiger partial charge is 0.449 e. The molecule has 108 valence electrons. The van der Waals surface area contributed by atoms with Crippen LogP contribution in [0.2, 0.25) is 0 Å². The van der Waals surface area contributed by atoms with Crippen LogP contribution in [0.15, 0.2) is 34.4 Å². The van der Waals surface area contributed by atoms with Crippen LogP contribution in [0.5, 0.6) is 0 Å². The highest BCUT2D eigenvalue weighted by atomic mass is 16.7. The Morgan fingerprint density at radius 2 is 1.80 bits per heavy atom. The molecule has 2 aliphatic heterocycles. The van der Waals surface area contributed by atoms with E-state index >= 15 is 0 Å². The van der Waals surface area contributed by atoms with Gasteiger partial charge < -0.3 is 14.2 Å². The Bertz CT molecular complexity index is 566. The van der Waals surface area contributed by atoms with Gasteiger partial charge in [-0.05, 0) is 27.7 Å². The zero-order valence-corrected chi connectivity index (χ0v) is 12.1. The van der Waals surface area contributed by atoms with Gasteiger partial charge in [0.15, 0.2) is 0 Å². The Labute approximate surface area is 117 Å². The number of carbonyl (C=O) groups is 2. The van der Waals surface area contributed by atoms with Crippen molar-refractivity contribution in [2.75, 3.05) is 7.11 Å². The molecule has 0 amide bonds. The maximum atomic E-state index is 11.9. The van der Waals surface area contributed by atoms with Crippen LogP contribution in [0.3, 0.4) is 0 Å². The number of hydrogen-bond donors (Lipinski definition) is 0. The van der Waals surface area contributed by atoms with Crippen LogP contribution in [0.1, 0.15) is 27.7 Å². The molecule has 0 aromatic heterocycles. The van der Waals surface area contributed by atoms with Crippen molar-refractivity contribution in [1.29, 1.82) is 0 Å². The van der Waals surface area contributed by atoms with Gasteiger partial charge in [0.1, 0.15) is 5.76 Å². The third kappa shape index (κ3) is 2.22. The number of hydrogen-bond acceptors (Lipinski definition) is 6. The number of ether oxygens (including phenoxy) is 3. The Morgan fingerprint density at radius 1 is 1.20 bits per heavy atom. The van der Waals surface area contributed by atoms with Crippen molar-refractivity contribution < 1.29 is 23.8 Å². The smallest absolute Gasteiger partial charge is 0.348 e. The standard InChI is InChI=1S/C14H17NO5/c1-7(2)10-11(13(17)20-12(10)16)9(4)15-6-8(3)19-14(15)18-5/h6,14H,1-5H3. The quantitative estimate of drug-likeness (QED) is 0.436. The van der Waals surface area contributed by atoms with Crippen molar-refractivity contribution in [3.8, 4) is 0 Å². The van der Waals surface area contributed by atoms with E-state index in [4.69, 9.17) is 14.2 Å². The fourth-order valence-corrected chi connectivity index (χ4v) is 2.22. The first-order valence-electron chi connectivity index (χ1n) is 6.18. The summed E-state index contributed by atoms with van der Waals surface area (Å²) >= 11 is 0. The van der Waals surface area contributed by atoms with Gasteiger partial charge in [-0.3, -0.25) is 4.90 Å². The highest BCUT2D eigenvalue weighted by Gasteiger charge is 2.39. The molecule has 0 aliphatic carbocycles. The van der Waals surface area contributed by atoms with Crippen LogP contribution in [-0.4, -0.2) is 30.4 Å². The highest BCUT2D eigenvalue weighted by molar-refractivity contribution is 6.18. The van der Waals surface area contributed by atoms with Crippen LogP contribution < -0.4 is 0 Å². The average Bonchev–Trinajstić information content (AvgIpc) is 2.88. The van der Waals surface area contributed by atoms with Gasteiger partial charge in [-0.15, -0.1) is 0 Å². The molecular weight excluding hydrogens is 262 g/mol. The Morgan fingerprint density at radius 3 is 2.35 bits per heavy atom. The molecule has 2 rings (SSSR count). The lowest BCUT2D eigenvalue weighted by Gasteiger charge is -2.24. The minimum absolute atomic E-state index is 0.256. The molecule has 0 bridgehead atoms. The molecule has 2 aliphatic rings. The SMILES string of the molecule is COC1OC(C)=CN1C(C)=C1C(=O)OC(=O)C1=C(C)C. The maximum absolute atomic E-state index is 11.9. The highest BCUT2D eigenvalue weighted by Crippen LogP contribution is 2.32. The molecule has 0 saturated carbocycles. The van der Waals surface area contributed by atoms with Gasteiger partial charge in [0.2, 0.25) is 0 Å². The van der Waals surface area contributed by atoms with Crippen LogP contribution >= 0.6 is 0 Å².